The summed E-state index contributed by atoms with van der Waals surface area (Å²) in [7, 11) is 4.32. The van der Waals surface area contributed by atoms with Gasteiger partial charge in [0.25, 0.3) is 0 Å². The van der Waals surface area contributed by atoms with Gasteiger partial charge < -0.3 is 9.47 Å². The molecule has 0 aromatic carbocycles. The number of fused-ring (bicyclic) bond motifs is 1. The molecule has 1 aliphatic carbocycles. The minimum atomic E-state index is 0.639. The van der Waals surface area contributed by atoms with Crippen LogP contribution in [0.25, 0.3) is 11.0 Å². The van der Waals surface area contributed by atoms with E-state index in [0.29, 0.717) is 6.04 Å². The Labute approximate surface area is 95.7 Å². The predicted molar refractivity (Wildman–Crippen MR) is 65.5 cm³/mol. The third-order valence-corrected chi connectivity index (χ3v) is 3.69. The summed E-state index contributed by atoms with van der Waals surface area (Å²) in [5, 5.41) is 1.25. The second kappa shape index (κ2) is 3.59. The Morgan fingerprint density at radius 2 is 2.12 bits per heavy atom. The van der Waals surface area contributed by atoms with Crippen molar-refractivity contribution >= 4 is 11.0 Å². The second-order valence-electron chi connectivity index (χ2n) is 4.88. The maximum atomic E-state index is 4.46. The lowest BCUT2D eigenvalue weighted by molar-refractivity contribution is 0.131. The zero-order valence-electron chi connectivity index (χ0n) is 9.80. The third-order valence-electron chi connectivity index (χ3n) is 3.69. The maximum Gasteiger partial charge on any atom is 0.140 e. The normalized spacial score (nSPS) is 24.9. The van der Waals surface area contributed by atoms with Crippen molar-refractivity contribution in [3.05, 3.63) is 30.6 Å². The van der Waals surface area contributed by atoms with E-state index in [2.05, 4.69) is 46.9 Å². The lowest BCUT2D eigenvalue weighted by Crippen LogP contribution is -2.41. The van der Waals surface area contributed by atoms with Gasteiger partial charge in [0, 0.05) is 29.9 Å². The van der Waals surface area contributed by atoms with Crippen LogP contribution in [0.2, 0.25) is 0 Å². The van der Waals surface area contributed by atoms with Crippen LogP contribution in [0.5, 0.6) is 0 Å². The molecule has 0 spiro atoms. The van der Waals surface area contributed by atoms with Gasteiger partial charge in [-0.15, -0.1) is 0 Å². The van der Waals surface area contributed by atoms with Crippen LogP contribution in [-0.2, 0) is 0 Å². The Bertz CT molecular complexity index is 495. The van der Waals surface area contributed by atoms with Crippen LogP contribution in [0.3, 0.4) is 0 Å². The molecule has 0 N–H and O–H groups in total. The van der Waals surface area contributed by atoms with E-state index in [0.717, 1.165) is 11.7 Å². The van der Waals surface area contributed by atoms with Crippen LogP contribution >= 0.6 is 0 Å². The van der Waals surface area contributed by atoms with Gasteiger partial charge in [0.1, 0.15) is 5.65 Å². The van der Waals surface area contributed by atoms with Gasteiger partial charge in [-0.1, -0.05) is 0 Å². The SMILES string of the molecule is CN(C)C1CC(n2ccc3cccnc32)C1. The number of nitrogens with zero attached hydrogens (tertiary/aromatic N) is 3. The first-order chi connectivity index (χ1) is 7.75. The van der Waals surface area contributed by atoms with Crippen LogP contribution < -0.4 is 0 Å². The molecule has 2 aromatic rings. The molecular formula is C13H17N3. The highest BCUT2D eigenvalue weighted by molar-refractivity contribution is 5.75. The highest BCUT2D eigenvalue weighted by Gasteiger charge is 2.32. The molecule has 3 nitrogen and oxygen atoms in total. The Morgan fingerprint density at radius 1 is 1.31 bits per heavy atom. The van der Waals surface area contributed by atoms with Crippen LogP contribution in [0.1, 0.15) is 18.9 Å². The zero-order valence-corrected chi connectivity index (χ0v) is 9.80. The second-order valence-corrected chi connectivity index (χ2v) is 4.88. The van der Waals surface area contributed by atoms with Crippen molar-refractivity contribution in [1.29, 1.82) is 0 Å². The average Bonchev–Trinajstić information content (AvgIpc) is 2.60. The molecule has 0 amide bonds. The summed E-state index contributed by atoms with van der Waals surface area (Å²) in [6.07, 6.45) is 6.54. The lowest BCUT2D eigenvalue weighted by Gasteiger charge is -2.40. The predicted octanol–water partition coefficient (Wildman–Crippen LogP) is 2.30. The topological polar surface area (TPSA) is 21.1 Å². The quantitative estimate of drug-likeness (QED) is 0.766. The molecular weight excluding hydrogens is 198 g/mol. The monoisotopic (exact) mass is 215 g/mol. The van der Waals surface area contributed by atoms with E-state index in [1.165, 1.54) is 18.2 Å². The molecule has 2 aromatic heterocycles. The molecule has 0 radical (unpaired) electrons. The van der Waals surface area contributed by atoms with Crippen molar-refractivity contribution in [2.75, 3.05) is 14.1 Å². The number of aromatic nitrogens is 2. The lowest BCUT2D eigenvalue weighted by atomic mass is 9.86. The average molecular weight is 215 g/mol. The van der Waals surface area contributed by atoms with Crippen LogP contribution in [-0.4, -0.2) is 34.6 Å². The number of rotatable bonds is 2. The molecule has 1 saturated carbocycles. The molecule has 1 aliphatic rings. The van der Waals surface area contributed by atoms with E-state index in [1.54, 1.807) is 0 Å². The minimum Gasteiger partial charge on any atom is -0.329 e. The number of pyridine rings is 1. The van der Waals surface area contributed by atoms with Gasteiger partial charge in [0.05, 0.1) is 0 Å². The smallest absolute Gasteiger partial charge is 0.140 e. The van der Waals surface area contributed by atoms with Crippen molar-refractivity contribution in [2.45, 2.75) is 24.9 Å². The van der Waals surface area contributed by atoms with Gasteiger partial charge >= 0.3 is 0 Å². The molecule has 3 heteroatoms. The molecule has 2 heterocycles. The van der Waals surface area contributed by atoms with Gasteiger partial charge in [0.2, 0.25) is 0 Å². The fourth-order valence-electron chi connectivity index (χ4n) is 2.49. The summed E-state index contributed by atoms with van der Waals surface area (Å²) in [5.41, 5.74) is 1.13. The zero-order chi connectivity index (χ0) is 11.1. The number of hydrogen-bond donors (Lipinski definition) is 0. The first-order valence-corrected chi connectivity index (χ1v) is 5.83. The summed E-state index contributed by atoms with van der Waals surface area (Å²) < 4.78 is 2.33. The highest BCUT2D eigenvalue weighted by Crippen LogP contribution is 2.36. The van der Waals surface area contributed by atoms with Gasteiger partial charge in [-0.2, -0.15) is 0 Å². The van der Waals surface area contributed by atoms with Crippen LogP contribution in [0.4, 0.5) is 0 Å². The Morgan fingerprint density at radius 3 is 2.88 bits per heavy atom. The molecule has 16 heavy (non-hydrogen) atoms. The van der Waals surface area contributed by atoms with E-state index < -0.39 is 0 Å². The molecule has 0 unspecified atom stereocenters. The van der Waals surface area contributed by atoms with Crippen molar-refractivity contribution in [2.24, 2.45) is 0 Å². The molecule has 0 atom stereocenters. The molecule has 1 fully saturated rings. The Balaban J connectivity index is 1.86. The standard InChI is InChI=1S/C13H17N3/c1-15(2)11-8-12(9-11)16-7-5-10-4-3-6-14-13(10)16/h3-7,11-12H,8-9H2,1-2H3. The van der Waals surface area contributed by atoms with Gasteiger partial charge in [-0.05, 0) is 45.1 Å². The summed E-state index contributed by atoms with van der Waals surface area (Å²) in [6.45, 7) is 0. The van der Waals surface area contributed by atoms with Crippen LogP contribution in [0.15, 0.2) is 30.6 Å². The van der Waals surface area contributed by atoms with Gasteiger partial charge in [-0.3, -0.25) is 0 Å². The van der Waals surface area contributed by atoms with E-state index in [-0.39, 0.29) is 0 Å². The fourth-order valence-corrected chi connectivity index (χ4v) is 2.49. The van der Waals surface area contributed by atoms with Crippen molar-refractivity contribution in [3.63, 3.8) is 0 Å². The minimum absolute atomic E-state index is 0.639. The van der Waals surface area contributed by atoms with Gasteiger partial charge in [-0.25, -0.2) is 4.98 Å². The van der Waals surface area contributed by atoms with Crippen molar-refractivity contribution in [1.82, 2.24) is 14.5 Å². The first kappa shape index (κ1) is 9.85. The maximum absolute atomic E-state index is 4.46. The van der Waals surface area contributed by atoms with E-state index in [4.69, 9.17) is 0 Å². The summed E-state index contributed by atoms with van der Waals surface area (Å²) in [4.78, 5) is 6.78. The van der Waals surface area contributed by atoms with Crippen molar-refractivity contribution in [3.8, 4) is 0 Å². The highest BCUT2D eigenvalue weighted by atomic mass is 15.2. The summed E-state index contributed by atoms with van der Waals surface area (Å²) >= 11 is 0. The Kier molecular flexibility index (Phi) is 2.21. The summed E-state index contributed by atoms with van der Waals surface area (Å²) in [6, 6.07) is 7.66. The van der Waals surface area contributed by atoms with E-state index in [9.17, 15) is 0 Å². The summed E-state index contributed by atoms with van der Waals surface area (Å²) in [5.74, 6) is 0. The van der Waals surface area contributed by atoms with Crippen molar-refractivity contribution < 1.29 is 0 Å². The molecule has 3 rings (SSSR count). The third kappa shape index (κ3) is 1.43. The molecule has 0 bridgehead atoms. The molecule has 84 valence electrons. The fraction of sp³-hybridized carbons (Fsp3) is 0.462. The molecule has 0 saturated heterocycles. The van der Waals surface area contributed by atoms with E-state index in [1.807, 2.05) is 12.3 Å². The van der Waals surface area contributed by atoms with Gasteiger partial charge in [0.15, 0.2) is 0 Å². The van der Waals surface area contributed by atoms with Crippen LogP contribution in [0, 0.1) is 0 Å². The molecule has 0 aliphatic heterocycles. The largest absolute Gasteiger partial charge is 0.329 e. The Hall–Kier alpha value is -1.35. The first-order valence-electron chi connectivity index (χ1n) is 5.83. The number of hydrogen-bond acceptors (Lipinski definition) is 2. The van der Waals surface area contributed by atoms with E-state index >= 15 is 0 Å².